The third kappa shape index (κ3) is 9.55. The van der Waals surface area contributed by atoms with Crippen molar-refractivity contribution in [1.82, 2.24) is 0 Å². The van der Waals surface area contributed by atoms with Gasteiger partial charge in [-0.05, 0) is 29.7 Å². The summed E-state index contributed by atoms with van der Waals surface area (Å²) in [7, 11) is 0. The average molecular weight is 378 g/mol. The van der Waals surface area contributed by atoms with E-state index in [-0.39, 0.29) is 5.91 Å². The summed E-state index contributed by atoms with van der Waals surface area (Å²) in [5.74, 6) is 0.118. The lowest BCUT2D eigenvalue weighted by Crippen LogP contribution is -2.11. The van der Waals surface area contributed by atoms with Gasteiger partial charge in [-0.1, -0.05) is 113 Å². The van der Waals surface area contributed by atoms with E-state index in [4.69, 9.17) is 0 Å². The lowest BCUT2D eigenvalue weighted by Gasteiger charge is -2.06. The molecule has 2 aromatic carbocycles. The molecule has 0 spiro atoms. The zero-order chi connectivity index (χ0) is 19.9. The Morgan fingerprint density at radius 1 is 0.750 bits per heavy atom. The Hall–Kier alpha value is -2.35. The molecule has 0 atom stereocenters. The Morgan fingerprint density at radius 3 is 2.07 bits per heavy atom. The van der Waals surface area contributed by atoms with E-state index < -0.39 is 0 Å². The molecule has 2 nitrogen and oxygen atoms in total. The van der Waals surface area contributed by atoms with Crippen LogP contribution in [-0.2, 0) is 4.79 Å². The topological polar surface area (TPSA) is 29.1 Å². The SMILES string of the molecule is CCCCCCCCCCCC(=O)Nc1cccc(/C=C/c2ccccc2)c1. The van der Waals surface area contributed by atoms with Crippen molar-refractivity contribution in [3.05, 3.63) is 65.7 Å². The fourth-order valence-corrected chi connectivity index (χ4v) is 3.30. The minimum absolute atomic E-state index is 0.118. The molecule has 2 heteroatoms. The minimum Gasteiger partial charge on any atom is -0.326 e. The molecule has 28 heavy (non-hydrogen) atoms. The van der Waals surface area contributed by atoms with Crippen molar-refractivity contribution >= 4 is 23.7 Å². The molecule has 0 fully saturated rings. The fourth-order valence-electron chi connectivity index (χ4n) is 3.30. The molecule has 2 aromatic rings. The van der Waals surface area contributed by atoms with E-state index in [9.17, 15) is 4.79 Å². The van der Waals surface area contributed by atoms with Crippen molar-refractivity contribution in [2.45, 2.75) is 71.1 Å². The van der Waals surface area contributed by atoms with Crippen molar-refractivity contribution in [3.63, 3.8) is 0 Å². The highest BCUT2D eigenvalue weighted by Gasteiger charge is 2.02. The first-order valence-electron chi connectivity index (χ1n) is 10.9. The summed E-state index contributed by atoms with van der Waals surface area (Å²) in [6.45, 7) is 2.25. The molecule has 0 heterocycles. The Kier molecular flexibility index (Phi) is 10.8. The Morgan fingerprint density at radius 2 is 1.36 bits per heavy atom. The number of hydrogen-bond donors (Lipinski definition) is 1. The van der Waals surface area contributed by atoms with Gasteiger partial charge in [0, 0.05) is 12.1 Å². The van der Waals surface area contributed by atoms with E-state index in [0.717, 1.165) is 24.1 Å². The highest BCUT2D eigenvalue weighted by molar-refractivity contribution is 5.91. The molecule has 2 rings (SSSR count). The van der Waals surface area contributed by atoms with E-state index >= 15 is 0 Å². The van der Waals surface area contributed by atoms with Gasteiger partial charge in [0.2, 0.25) is 5.91 Å². The van der Waals surface area contributed by atoms with E-state index in [1.165, 1.54) is 50.5 Å². The monoisotopic (exact) mass is 377 g/mol. The first-order valence-corrected chi connectivity index (χ1v) is 10.9. The molecule has 0 radical (unpaired) electrons. The summed E-state index contributed by atoms with van der Waals surface area (Å²) in [5, 5.41) is 3.03. The van der Waals surface area contributed by atoms with E-state index in [1.807, 2.05) is 36.4 Å². The van der Waals surface area contributed by atoms with Crippen LogP contribution in [0.15, 0.2) is 54.6 Å². The number of carbonyl (C=O) groups is 1. The van der Waals surface area contributed by atoms with Gasteiger partial charge >= 0.3 is 0 Å². The Balaban J connectivity index is 1.65. The largest absolute Gasteiger partial charge is 0.326 e. The third-order valence-electron chi connectivity index (χ3n) is 4.95. The summed E-state index contributed by atoms with van der Waals surface area (Å²) >= 11 is 0. The Labute approximate surface area is 171 Å². The maximum atomic E-state index is 12.2. The molecule has 1 amide bonds. The van der Waals surface area contributed by atoms with Crippen molar-refractivity contribution in [2.75, 3.05) is 5.32 Å². The van der Waals surface area contributed by atoms with Crippen molar-refractivity contribution < 1.29 is 4.79 Å². The first-order chi connectivity index (χ1) is 13.8. The molecular formula is C26H35NO. The van der Waals surface area contributed by atoms with Crippen molar-refractivity contribution in [1.29, 1.82) is 0 Å². The molecule has 0 aliphatic heterocycles. The van der Waals surface area contributed by atoms with E-state index in [2.05, 4.69) is 42.6 Å². The van der Waals surface area contributed by atoms with Crippen LogP contribution >= 0.6 is 0 Å². The van der Waals surface area contributed by atoms with Gasteiger partial charge in [-0.2, -0.15) is 0 Å². The predicted octanol–water partition coefficient (Wildman–Crippen LogP) is 7.72. The smallest absolute Gasteiger partial charge is 0.224 e. The number of benzene rings is 2. The minimum atomic E-state index is 0.118. The van der Waals surface area contributed by atoms with E-state index in [1.54, 1.807) is 0 Å². The van der Waals surface area contributed by atoms with Crippen LogP contribution in [0.5, 0.6) is 0 Å². The van der Waals surface area contributed by atoms with Crippen LogP contribution in [0, 0.1) is 0 Å². The highest BCUT2D eigenvalue weighted by atomic mass is 16.1. The van der Waals surface area contributed by atoms with Gasteiger partial charge in [0.25, 0.3) is 0 Å². The first kappa shape index (κ1) is 21.9. The van der Waals surface area contributed by atoms with Crippen LogP contribution in [0.3, 0.4) is 0 Å². The second kappa shape index (κ2) is 13.8. The number of nitrogens with one attached hydrogen (secondary N) is 1. The molecule has 1 N–H and O–H groups in total. The molecule has 0 aliphatic rings. The molecule has 0 saturated heterocycles. The van der Waals surface area contributed by atoms with Crippen molar-refractivity contribution in [2.24, 2.45) is 0 Å². The summed E-state index contributed by atoms with van der Waals surface area (Å²) in [4.78, 5) is 12.2. The number of amides is 1. The van der Waals surface area contributed by atoms with Crippen LogP contribution < -0.4 is 5.32 Å². The summed E-state index contributed by atoms with van der Waals surface area (Å²) in [5.41, 5.74) is 3.13. The molecule has 0 saturated carbocycles. The maximum absolute atomic E-state index is 12.2. The second-order valence-electron chi connectivity index (χ2n) is 7.50. The number of anilines is 1. The van der Waals surface area contributed by atoms with Gasteiger partial charge in [-0.25, -0.2) is 0 Å². The lowest BCUT2D eigenvalue weighted by atomic mass is 10.1. The standard InChI is InChI=1S/C26H35NO/c1-2-3-4-5-6-7-8-9-13-19-26(28)27-25-18-14-17-24(22-25)21-20-23-15-11-10-12-16-23/h10-12,14-18,20-22H,2-9,13,19H2,1H3,(H,27,28)/b21-20+. The van der Waals surface area contributed by atoms with Crippen LogP contribution in [0.25, 0.3) is 12.2 Å². The molecule has 150 valence electrons. The summed E-state index contributed by atoms with van der Waals surface area (Å²) in [6, 6.07) is 18.2. The zero-order valence-corrected chi connectivity index (χ0v) is 17.3. The number of rotatable bonds is 13. The zero-order valence-electron chi connectivity index (χ0n) is 17.3. The molecule has 0 aromatic heterocycles. The van der Waals surface area contributed by atoms with Crippen LogP contribution in [0.4, 0.5) is 5.69 Å². The summed E-state index contributed by atoms with van der Waals surface area (Å²) in [6.07, 6.45) is 16.2. The number of carbonyl (C=O) groups excluding carboxylic acids is 1. The number of hydrogen-bond acceptors (Lipinski definition) is 1. The number of unbranched alkanes of at least 4 members (excludes halogenated alkanes) is 8. The van der Waals surface area contributed by atoms with Gasteiger partial charge in [-0.15, -0.1) is 0 Å². The van der Waals surface area contributed by atoms with Gasteiger partial charge in [-0.3, -0.25) is 4.79 Å². The lowest BCUT2D eigenvalue weighted by molar-refractivity contribution is -0.116. The highest BCUT2D eigenvalue weighted by Crippen LogP contribution is 2.15. The quantitative estimate of drug-likeness (QED) is 0.281. The van der Waals surface area contributed by atoms with Gasteiger partial charge in [0.05, 0.1) is 0 Å². The molecule has 0 aliphatic carbocycles. The normalized spacial score (nSPS) is 11.0. The van der Waals surface area contributed by atoms with Crippen LogP contribution in [-0.4, -0.2) is 5.91 Å². The summed E-state index contributed by atoms with van der Waals surface area (Å²) < 4.78 is 0. The molecule has 0 bridgehead atoms. The predicted molar refractivity (Wildman–Crippen MR) is 122 cm³/mol. The van der Waals surface area contributed by atoms with Gasteiger partial charge in [0.1, 0.15) is 0 Å². The maximum Gasteiger partial charge on any atom is 0.224 e. The van der Waals surface area contributed by atoms with Crippen LogP contribution in [0.2, 0.25) is 0 Å². The third-order valence-corrected chi connectivity index (χ3v) is 4.95. The molecular weight excluding hydrogens is 342 g/mol. The second-order valence-corrected chi connectivity index (χ2v) is 7.50. The van der Waals surface area contributed by atoms with Crippen molar-refractivity contribution in [3.8, 4) is 0 Å². The van der Waals surface area contributed by atoms with Gasteiger partial charge in [0.15, 0.2) is 0 Å². The van der Waals surface area contributed by atoms with Gasteiger partial charge < -0.3 is 5.32 Å². The van der Waals surface area contributed by atoms with E-state index in [0.29, 0.717) is 6.42 Å². The molecule has 0 unspecified atom stereocenters. The average Bonchev–Trinajstić information content (AvgIpc) is 2.72. The fraction of sp³-hybridized carbons (Fsp3) is 0.423. The Bertz CT molecular complexity index is 705. The van der Waals surface area contributed by atoms with Crippen LogP contribution in [0.1, 0.15) is 82.3 Å².